The molecule has 0 radical (unpaired) electrons. The Morgan fingerprint density at radius 2 is 2.09 bits per heavy atom. The molecule has 2 rings (SSSR count). The van der Waals surface area contributed by atoms with Crippen molar-refractivity contribution in [2.75, 3.05) is 6.61 Å². The Morgan fingerprint density at radius 3 is 2.74 bits per heavy atom. The Bertz CT molecular complexity index is 502. The third-order valence-corrected chi connectivity index (χ3v) is 4.57. The summed E-state index contributed by atoms with van der Waals surface area (Å²) in [6, 6.07) is 6.67. The van der Waals surface area contributed by atoms with Crippen LogP contribution in [-0.4, -0.2) is 29.8 Å². The Kier molecular flexibility index (Phi) is 6.84. The van der Waals surface area contributed by atoms with Crippen molar-refractivity contribution in [3.8, 4) is 0 Å². The van der Waals surface area contributed by atoms with Gasteiger partial charge in [0.25, 0.3) is 0 Å². The van der Waals surface area contributed by atoms with Gasteiger partial charge in [-0.05, 0) is 69.1 Å². The summed E-state index contributed by atoms with van der Waals surface area (Å²) in [5.74, 6) is 0.167. The van der Waals surface area contributed by atoms with Crippen LogP contribution >= 0.6 is 0 Å². The highest BCUT2D eigenvalue weighted by atomic mass is 19.1. The van der Waals surface area contributed by atoms with Crippen LogP contribution in [0.1, 0.15) is 44.6 Å². The molecule has 0 aliphatic heterocycles. The van der Waals surface area contributed by atoms with Gasteiger partial charge in [-0.25, -0.2) is 9.18 Å². The molecule has 0 spiro atoms. The Hall–Kier alpha value is -1.62. The number of nitrogens with one attached hydrogen (secondary N) is 2. The van der Waals surface area contributed by atoms with E-state index in [9.17, 15) is 9.18 Å². The fourth-order valence-electron chi connectivity index (χ4n) is 3.09. The molecule has 1 aromatic carbocycles. The minimum Gasteiger partial charge on any atom is -0.396 e. The van der Waals surface area contributed by atoms with Gasteiger partial charge in [-0.1, -0.05) is 12.1 Å². The van der Waals surface area contributed by atoms with Crippen LogP contribution in [0.5, 0.6) is 0 Å². The van der Waals surface area contributed by atoms with E-state index in [4.69, 9.17) is 5.11 Å². The highest BCUT2D eigenvalue weighted by Gasteiger charge is 2.22. The van der Waals surface area contributed by atoms with Gasteiger partial charge in [0.15, 0.2) is 0 Å². The first-order valence-electron chi connectivity index (χ1n) is 8.49. The van der Waals surface area contributed by atoms with Gasteiger partial charge in [0.2, 0.25) is 0 Å². The number of aryl methyl sites for hydroxylation is 1. The molecule has 1 aliphatic carbocycles. The molecule has 1 aliphatic rings. The summed E-state index contributed by atoms with van der Waals surface area (Å²) in [5, 5.41) is 15.1. The summed E-state index contributed by atoms with van der Waals surface area (Å²) in [5.41, 5.74) is 0.946. The number of urea groups is 1. The maximum atomic E-state index is 13.1. The molecule has 0 heterocycles. The smallest absolute Gasteiger partial charge is 0.315 e. The normalized spacial score (nSPS) is 22.4. The molecule has 5 heteroatoms. The van der Waals surface area contributed by atoms with Crippen LogP contribution in [0.2, 0.25) is 0 Å². The minimum atomic E-state index is -0.223. The number of hydrogen-bond donors (Lipinski definition) is 3. The number of aliphatic hydroxyl groups excluding tert-OH is 1. The number of benzene rings is 1. The molecule has 1 atom stereocenters. The summed E-state index contributed by atoms with van der Waals surface area (Å²) in [7, 11) is 0. The molecular weight excluding hydrogens is 295 g/mol. The summed E-state index contributed by atoms with van der Waals surface area (Å²) < 4.78 is 13.1. The largest absolute Gasteiger partial charge is 0.396 e. The molecule has 128 valence electrons. The van der Waals surface area contributed by atoms with Crippen molar-refractivity contribution < 1.29 is 14.3 Å². The van der Waals surface area contributed by atoms with Gasteiger partial charge in [0.05, 0.1) is 0 Å². The molecule has 0 bridgehead atoms. The van der Waals surface area contributed by atoms with Gasteiger partial charge in [0, 0.05) is 18.7 Å². The van der Waals surface area contributed by atoms with Gasteiger partial charge in [-0.2, -0.15) is 0 Å². The number of hydrogen-bond acceptors (Lipinski definition) is 2. The van der Waals surface area contributed by atoms with Crippen molar-refractivity contribution in [2.45, 2.75) is 57.5 Å². The number of amides is 2. The van der Waals surface area contributed by atoms with Gasteiger partial charge in [-0.15, -0.1) is 0 Å². The molecule has 3 N–H and O–H groups in total. The molecule has 0 aromatic heterocycles. The third kappa shape index (κ3) is 6.18. The molecule has 1 fully saturated rings. The lowest BCUT2D eigenvalue weighted by molar-refractivity contribution is 0.174. The predicted molar refractivity (Wildman–Crippen MR) is 88.7 cm³/mol. The van der Waals surface area contributed by atoms with E-state index in [1.807, 2.05) is 13.0 Å². The van der Waals surface area contributed by atoms with Crippen molar-refractivity contribution in [1.82, 2.24) is 10.6 Å². The van der Waals surface area contributed by atoms with Crippen molar-refractivity contribution >= 4 is 6.03 Å². The molecule has 0 saturated heterocycles. The third-order valence-electron chi connectivity index (χ3n) is 4.57. The molecule has 1 aromatic rings. The zero-order valence-corrected chi connectivity index (χ0v) is 13.7. The van der Waals surface area contributed by atoms with E-state index in [2.05, 4.69) is 10.6 Å². The zero-order chi connectivity index (χ0) is 16.7. The van der Waals surface area contributed by atoms with Crippen LogP contribution < -0.4 is 10.6 Å². The van der Waals surface area contributed by atoms with Crippen LogP contribution in [-0.2, 0) is 6.42 Å². The van der Waals surface area contributed by atoms with Gasteiger partial charge >= 0.3 is 6.03 Å². The number of rotatable bonds is 6. The first kappa shape index (κ1) is 17.7. The molecular formula is C18H27FN2O2. The molecule has 4 nitrogen and oxygen atoms in total. The monoisotopic (exact) mass is 322 g/mol. The number of carbonyl (C=O) groups is 1. The molecule has 2 amide bonds. The second-order valence-electron chi connectivity index (χ2n) is 6.59. The summed E-state index contributed by atoms with van der Waals surface area (Å²) in [6.45, 7) is 2.21. The first-order valence-corrected chi connectivity index (χ1v) is 8.49. The second-order valence-corrected chi connectivity index (χ2v) is 6.59. The highest BCUT2D eigenvalue weighted by Crippen LogP contribution is 2.23. The SMILES string of the molecule is C[C@@H](CCc1cccc(F)c1)NC(=O)NC1CCC(CO)CC1. The maximum absolute atomic E-state index is 13.1. The topological polar surface area (TPSA) is 61.4 Å². The highest BCUT2D eigenvalue weighted by molar-refractivity contribution is 5.74. The van der Waals surface area contributed by atoms with Crippen LogP contribution in [0.15, 0.2) is 24.3 Å². The summed E-state index contributed by atoms with van der Waals surface area (Å²) in [6.07, 6.45) is 5.30. The van der Waals surface area contributed by atoms with Crippen LogP contribution in [0.4, 0.5) is 9.18 Å². The molecule has 0 unspecified atom stereocenters. The quantitative estimate of drug-likeness (QED) is 0.754. The lowest BCUT2D eigenvalue weighted by Gasteiger charge is -2.28. The van der Waals surface area contributed by atoms with Crippen molar-refractivity contribution in [3.05, 3.63) is 35.6 Å². The minimum absolute atomic E-state index is 0.0343. The Balaban J connectivity index is 1.66. The zero-order valence-electron chi connectivity index (χ0n) is 13.7. The standard InChI is InChI=1S/C18H27FN2O2/c1-13(5-6-14-3-2-4-16(19)11-14)20-18(23)21-17-9-7-15(12-22)8-10-17/h2-4,11,13,15,17,22H,5-10,12H2,1H3,(H2,20,21,23)/t13-,15?,17?/m0/s1. The van der Waals surface area contributed by atoms with Crippen LogP contribution in [0.3, 0.4) is 0 Å². The van der Waals surface area contributed by atoms with Gasteiger partial charge < -0.3 is 15.7 Å². The number of aliphatic hydroxyl groups is 1. The average Bonchev–Trinajstić information content (AvgIpc) is 2.53. The lowest BCUT2D eigenvalue weighted by Crippen LogP contribution is -2.46. The van der Waals surface area contributed by atoms with E-state index >= 15 is 0 Å². The fourth-order valence-corrected chi connectivity index (χ4v) is 3.09. The van der Waals surface area contributed by atoms with Gasteiger partial charge in [-0.3, -0.25) is 0 Å². The second kappa shape index (κ2) is 8.87. The number of halogens is 1. The predicted octanol–water partition coefficient (Wildman–Crippen LogP) is 3.00. The molecule has 1 saturated carbocycles. The van der Waals surface area contributed by atoms with E-state index in [1.54, 1.807) is 6.07 Å². The van der Waals surface area contributed by atoms with Gasteiger partial charge in [0.1, 0.15) is 5.82 Å². The summed E-state index contributed by atoms with van der Waals surface area (Å²) >= 11 is 0. The first-order chi connectivity index (χ1) is 11.1. The Labute approximate surface area is 137 Å². The van der Waals surface area contributed by atoms with Crippen molar-refractivity contribution in [1.29, 1.82) is 0 Å². The van der Waals surface area contributed by atoms with Crippen LogP contribution in [0.25, 0.3) is 0 Å². The number of carbonyl (C=O) groups excluding carboxylic acids is 1. The van der Waals surface area contributed by atoms with Crippen molar-refractivity contribution in [3.63, 3.8) is 0 Å². The Morgan fingerprint density at radius 1 is 1.35 bits per heavy atom. The summed E-state index contributed by atoms with van der Waals surface area (Å²) in [4.78, 5) is 12.0. The van der Waals surface area contributed by atoms with E-state index < -0.39 is 0 Å². The lowest BCUT2D eigenvalue weighted by atomic mass is 9.87. The van der Waals surface area contributed by atoms with E-state index in [1.165, 1.54) is 12.1 Å². The average molecular weight is 322 g/mol. The fraction of sp³-hybridized carbons (Fsp3) is 0.611. The van der Waals surface area contributed by atoms with E-state index in [0.717, 1.165) is 44.1 Å². The maximum Gasteiger partial charge on any atom is 0.315 e. The van der Waals surface area contributed by atoms with Crippen molar-refractivity contribution in [2.24, 2.45) is 5.92 Å². The van der Waals surface area contributed by atoms with E-state index in [-0.39, 0.29) is 30.5 Å². The van der Waals surface area contributed by atoms with E-state index in [0.29, 0.717) is 5.92 Å². The van der Waals surface area contributed by atoms with Crippen LogP contribution in [0, 0.1) is 11.7 Å². The molecule has 23 heavy (non-hydrogen) atoms.